The van der Waals surface area contributed by atoms with Gasteiger partial charge in [0.2, 0.25) is 0 Å². The lowest BCUT2D eigenvalue weighted by Crippen LogP contribution is -2.37. The van der Waals surface area contributed by atoms with Crippen LogP contribution >= 0.6 is 0 Å². The van der Waals surface area contributed by atoms with Crippen molar-refractivity contribution in [2.75, 3.05) is 31.3 Å². The van der Waals surface area contributed by atoms with Gasteiger partial charge < -0.3 is 14.0 Å². The van der Waals surface area contributed by atoms with E-state index in [1.165, 1.54) is 5.56 Å². The maximum atomic E-state index is 12.7. The summed E-state index contributed by atoms with van der Waals surface area (Å²) in [7, 11) is 1.91. The molecule has 0 N–H and O–H groups in total. The normalized spacial score (nSPS) is 17.4. The van der Waals surface area contributed by atoms with Gasteiger partial charge in [-0.1, -0.05) is 35.5 Å². The maximum absolute atomic E-state index is 12.7. The third-order valence-electron chi connectivity index (χ3n) is 8.31. The molecule has 7 rings (SSSR count). The zero-order valence-corrected chi connectivity index (χ0v) is 22.8. The molecule has 5 heterocycles. The van der Waals surface area contributed by atoms with Gasteiger partial charge in [-0.3, -0.25) is 9.88 Å². The predicted octanol–water partition coefficient (Wildman–Crippen LogP) is 5.66. The number of rotatable bonds is 5. The van der Waals surface area contributed by atoms with E-state index in [1.807, 2.05) is 26.2 Å². The van der Waals surface area contributed by atoms with Crippen molar-refractivity contribution in [2.24, 2.45) is 13.0 Å². The van der Waals surface area contributed by atoms with Crippen LogP contribution in [0.4, 0.5) is 10.5 Å². The van der Waals surface area contributed by atoms with E-state index >= 15 is 0 Å². The van der Waals surface area contributed by atoms with Crippen LogP contribution < -0.4 is 4.90 Å². The van der Waals surface area contributed by atoms with Crippen molar-refractivity contribution in [3.05, 3.63) is 72.1 Å². The zero-order chi connectivity index (χ0) is 27.2. The molecule has 1 amide bonds. The number of aryl methyl sites for hydroxylation is 2. The number of amides is 1. The van der Waals surface area contributed by atoms with E-state index in [4.69, 9.17) is 14.5 Å². The highest BCUT2D eigenvalue weighted by molar-refractivity contribution is 6.08. The van der Waals surface area contributed by atoms with Crippen LogP contribution in [0, 0.1) is 12.8 Å². The van der Waals surface area contributed by atoms with E-state index in [2.05, 4.69) is 63.4 Å². The molecule has 40 heavy (non-hydrogen) atoms. The first-order valence-corrected chi connectivity index (χ1v) is 14.0. The fraction of sp³-hybridized carbons (Fsp3) is 0.355. The lowest BCUT2D eigenvalue weighted by atomic mass is 9.86. The summed E-state index contributed by atoms with van der Waals surface area (Å²) < 4.78 is 15.4. The molecule has 9 nitrogen and oxygen atoms in total. The van der Waals surface area contributed by atoms with Crippen molar-refractivity contribution < 1.29 is 14.3 Å². The van der Waals surface area contributed by atoms with Gasteiger partial charge in [-0.25, -0.2) is 9.48 Å². The molecule has 2 aliphatic heterocycles. The van der Waals surface area contributed by atoms with Gasteiger partial charge in [0.05, 0.1) is 40.6 Å². The molecule has 0 aliphatic carbocycles. The number of fused-ring (bicyclic) bond motifs is 3. The second kappa shape index (κ2) is 10.1. The number of hydrogen-bond donors (Lipinski definition) is 0. The van der Waals surface area contributed by atoms with Gasteiger partial charge in [-0.2, -0.15) is 0 Å². The van der Waals surface area contributed by atoms with Crippen LogP contribution in [0.25, 0.3) is 33.2 Å². The van der Waals surface area contributed by atoms with Crippen molar-refractivity contribution in [2.45, 2.75) is 32.2 Å². The van der Waals surface area contributed by atoms with Crippen LogP contribution in [-0.2, 0) is 16.5 Å². The minimum Gasteiger partial charge on any atom is -0.449 e. The van der Waals surface area contributed by atoms with Crippen molar-refractivity contribution in [1.82, 2.24) is 24.5 Å². The average Bonchev–Trinajstić information content (AvgIpc) is 3.49. The van der Waals surface area contributed by atoms with E-state index < -0.39 is 0 Å². The molecule has 2 saturated heterocycles. The molecule has 204 valence electrons. The molecule has 1 atom stereocenters. The van der Waals surface area contributed by atoms with Gasteiger partial charge in [0.1, 0.15) is 0 Å². The van der Waals surface area contributed by atoms with E-state index in [9.17, 15) is 4.79 Å². The zero-order valence-electron chi connectivity index (χ0n) is 22.8. The Morgan fingerprint density at radius 2 is 1.82 bits per heavy atom. The third kappa shape index (κ3) is 4.12. The average molecular weight is 537 g/mol. The molecular weight excluding hydrogens is 504 g/mol. The van der Waals surface area contributed by atoms with Crippen LogP contribution in [0.1, 0.15) is 36.6 Å². The van der Waals surface area contributed by atoms with E-state index in [0.29, 0.717) is 19.1 Å². The quantitative estimate of drug-likeness (QED) is 0.288. The van der Waals surface area contributed by atoms with Crippen LogP contribution in [0.5, 0.6) is 0 Å². The summed E-state index contributed by atoms with van der Waals surface area (Å²) in [5.41, 5.74) is 7.91. The van der Waals surface area contributed by atoms with Crippen LogP contribution in [-0.4, -0.2) is 57.0 Å². The number of pyridine rings is 1. The molecule has 2 aliphatic rings. The number of benzene rings is 2. The summed E-state index contributed by atoms with van der Waals surface area (Å²) >= 11 is 0. The number of nitrogens with zero attached hydrogens (tertiary/aromatic N) is 6. The van der Waals surface area contributed by atoms with Crippen LogP contribution in [0.2, 0.25) is 0 Å². The highest BCUT2D eigenvalue weighted by Gasteiger charge is 2.31. The number of carbonyl (C=O) groups excluding carboxylic acids is 1. The Kier molecular flexibility index (Phi) is 6.23. The largest absolute Gasteiger partial charge is 0.449 e. The lowest BCUT2D eigenvalue weighted by molar-refractivity contribution is 0.0553. The number of aromatic nitrogens is 5. The minimum atomic E-state index is -0.295. The molecular formula is C31H32N6O3. The summed E-state index contributed by atoms with van der Waals surface area (Å²) in [5.74, 6) is 0.377. The predicted molar refractivity (Wildman–Crippen MR) is 153 cm³/mol. The van der Waals surface area contributed by atoms with Crippen molar-refractivity contribution >= 4 is 33.7 Å². The Balaban J connectivity index is 1.52. The fourth-order valence-electron chi connectivity index (χ4n) is 6.45. The number of hydrogen-bond acceptors (Lipinski definition) is 6. The Hall–Kier alpha value is -4.24. The second-order valence-electron chi connectivity index (χ2n) is 10.7. The Bertz CT molecular complexity index is 1680. The monoisotopic (exact) mass is 536 g/mol. The molecule has 3 aromatic heterocycles. The molecule has 0 radical (unpaired) electrons. The van der Waals surface area contributed by atoms with Crippen molar-refractivity contribution in [1.29, 1.82) is 0 Å². The first-order valence-electron chi connectivity index (χ1n) is 14.0. The van der Waals surface area contributed by atoms with Crippen LogP contribution in [0.3, 0.4) is 0 Å². The Morgan fingerprint density at radius 1 is 1.00 bits per heavy atom. The molecule has 0 spiro atoms. The topological polar surface area (TPSA) is 87.3 Å². The number of cyclic esters (lactones) is 1. The molecule has 9 heteroatoms. The summed E-state index contributed by atoms with van der Waals surface area (Å²) in [6, 6.07) is 19.2. The van der Waals surface area contributed by atoms with Gasteiger partial charge >= 0.3 is 6.09 Å². The van der Waals surface area contributed by atoms with Gasteiger partial charge in [0.25, 0.3) is 0 Å². The number of anilines is 1. The third-order valence-corrected chi connectivity index (χ3v) is 8.31. The molecule has 2 aromatic carbocycles. The minimum absolute atomic E-state index is 0.0662. The summed E-state index contributed by atoms with van der Waals surface area (Å²) in [4.78, 5) is 19.5. The van der Waals surface area contributed by atoms with E-state index in [1.54, 1.807) is 9.58 Å². The second-order valence-corrected chi connectivity index (χ2v) is 10.7. The Labute approximate surface area is 232 Å². The highest BCUT2D eigenvalue weighted by Crippen LogP contribution is 2.42. The lowest BCUT2D eigenvalue weighted by Gasteiger charge is -2.33. The van der Waals surface area contributed by atoms with Gasteiger partial charge in [-0.05, 0) is 61.9 Å². The first kappa shape index (κ1) is 24.8. The highest BCUT2D eigenvalue weighted by atomic mass is 16.6. The summed E-state index contributed by atoms with van der Waals surface area (Å²) in [5, 5.41) is 9.57. The maximum Gasteiger partial charge on any atom is 0.414 e. The van der Waals surface area contributed by atoms with Crippen LogP contribution in [0.15, 0.2) is 60.8 Å². The van der Waals surface area contributed by atoms with E-state index in [-0.39, 0.29) is 12.1 Å². The first-order chi connectivity index (χ1) is 19.6. The SMILES string of the molecule is Cc1nnn(C)c1-c1cnc2c3ccc(N4CCCOC4=O)cc3n([C@H](c3ccccc3)C3CCOCC3)c2c1. The molecule has 5 aromatic rings. The van der Waals surface area contributed by atoms with E-state index in [0.717, 1.165) is 77.1 Å². The van der Waals surface area contributed by atoms with Crippen molar-refractivity contribution in [3.8, 4) is 11.3 Å². The molecule has 0 unspecified atom stereocenters. The van der Waals surface area contributed by atoms with Crippen molar-refractivity contribution in [3.63, 3.8) is 0 Å². The Morgan fingerprint density at radius 3 is 2.58 bits per heavy atom. The summed E-state index contributed by atoms with van der Waals surface area (Å²) in [6.07, 6.45) is 4.37. The number of carbonyl (C=O) groups is 1. The smallest absolute Gasteiger partial charge is 0.414 e. The molecule has 2 fully saturated rings. The molecule has 0 saturated carbocycles. The fourth-order valence-corrected chi connectivity index (χ4v) is 6.45. The standard InChI is InChI=1S/C31H32N6O3/c1-20-29(35(2)34-33-20)23-17-27-28(32-19-23)25-10-9-24(36-13-6-14-40-31(36)38)18-26(25)37(27)30(21-7-4-3-5-8-21)22-11-15-39-16-12-22/h3-5,7-10,17-19,22,30H,6,11-16H2,1-2H3/t30-/m1/s1. The van der Waals surface area contributed by atoms with Gasteiger partial charge in [-0.15, -0.1) is 5.10 Å². The van der Waals surface area contributed by atoms with Gasteiger partial charge in [0, 0.05) is 49.6 Å². The number of ether oxygens (including phenoxy) is 2. The molecule has 0 bridgehead atoms. The van der Waals surface area contributed by atoms with Gasteiger partial charge in [0.15, 0.2) is 0 Å². The summed E-state index contributed by atoms with van der Waals surface area (Å²) in [6.45, 7) is 4.58.